The van der Waals surface area contributed by atoms with Gasteiger partial charge in [-0.1, -0.05) is 48.5 Å². The number of benzene rings is 2. The lowest BCUT2D eigenvalue weighted by Crippen LogP contribution is -2.29. The van der Waals surface area contributed by atoms with Crippen molar-refractivity contribution in [2.75, 3.05) is 11.6 Å². The predicted octanol–water partition coefficient (Wildman–Crippen LogP) is 3.13. The van der Waals surface area contributed by atoms with Crippen LogP contribution in [0.25, 0.3) is 0 Å². The Balaban J connectivity index is 1.94. The first-order valence-corrected chi connectivity index (χ1v) is 7.54. The van der Waals surface area contributed by atoms with Crippen LogP contribution in [0.4, 0.5) is 5.69 Å². The summed E-state index contributed by atoms with van der Waals surface area (Å²) in [6, 6.07) is 20.2. The number of anilines is 1. The second kappa shape index (κ2) is 6.43. The maximum absolute atomic E-state index is 12.1. The molecule has 0 fully saturated rings. The Hall–Kier alpha value is -2.62. The maximum Gasteiger partial charge on any atom is 0.267 e. The normalized spacial score (nSPS) is 17.2. The van der Waals surface area contributed by atoms with E-state index in [-0.39, 0.29) is 11.9 Å². The summed E-state index contributed by atoms with van der Waals surface area (Å²) >= 11 is 0. The van der Waals surface area contributed by atoms with Crippen LogP contribution in [0.3, 0.4) is 0 Å². The van der Waals surface area contributed by atoms with Crippen molar-refractivity contribution in [3.8, 4) is 0 Å². The van der Waals surface area contributed by atoms with Crippen LogP contribution >= 0.6 is 0 Å². The molecule has 112 valence electrons. The highest BCUT2D eigenvalue weighted by molar-refractivity contribution is 6.39. The molecule has 0 radical (unpaired) electrons. The van der Waals surface area contributed by atoms with Crippen LogP contribution < -0.4 is 10.3 Å². The molecule has 1 atom stereocenters. The van der Waals surface area contributed by atoms with Gasteiger partial charge in [0.15, 0.2) is 0 Å². The van der Waals surface area contributed by atoms with E-state index in [1.165, 1.54) is 0 Å². The van der Waals surface area contributed by atoms with E-state index in [9.17, 15) is 4.79 Å². The fourth-order valence-corrected chi connectivity index (χ4v) is 2.66. The van der Waals surface area contributed by atoms with Gasteiger partial charge in [-0.2, -0.15) is 5.10 Å². The molecule has 0 saturated carbocycles. The molecule has 2 aromatic carbocycles. The fraction of sp³-hybridized carbons (Fsp3) is 0.222. The first-order chi connectivity index (χ1) is 10.8. The molecule has 4 nitrogen and oxygen atoms in total. The van der Waals surface area contributed by atoms with Crippen molar-refractivity contribution in [2.45, 2.75) is 19.4 Å². The molecule has 3 rings (SSSR count). The molecule has 0 aliphatic carbocycles. The third-order valence-electron chi connectivity index (χ3n) is 3.71. The van der Waals surface area contributed by atoms with Crippen molar-refractivity contribution in [3.63, 3.8) is 0 Å². The Morgan fingerprint density at radius 1 is 1.14 bits per heavy atom. The zero-order valence-electron chi connectivity index (χ0n) is 12.6. The van der Waals surface area contributed by atoms with Gasteiger partial charge in [-0.05, 0) is 24.6 Å². The average molecular weight is 293 g/mol. The van der Waals surface area contributed by atoms with Crippen molar-refractivity contribution in [1.29, 1.82) is 0 Å². The smallest absolute Gasteiger partial charge is 0.267 e. The van der Waals surface area contributed by atoms with Crippen LogP contribution in [0.5, 0.6) is 0 Å². The summed E-state index contributed by atoms with van der Waals surface area (Å²) in [6.45, 7) is 2.52. The van der Waals surface area contributed by atoms with E-state index >= 15 is 0 Å². The van der Waals surface area contributed by atoms with E-state index in [1.54, 1.807) is 0 Å². The van der Waals surface area contributed by atoms with E-state index in [0.717, 1.165) is 11.3 Å². The van der Waals surface area contributed by atoms with Crippen molar-refractivity contribution < 1.29 is 4.79 Å². The van der Waals surface area contributed by atoms with Gasteiger partial charge in [0.05, 0.1) is 11.7 Å². The predicted molar refractivity (Wildman–Crippen MR) is 88.8 cm³/mol. The summed E-state index contributed by atoms with van der Waals surface area (Å²) in [5.74, 6) is -0.0816. The van der Waals surface area contributed by atoms with Crippen molar-refractivity contribution in [2.24, 2.45) is 5.10 Å². The molecule has 0 bridgehead atoms. The molecule has 0 spiro atoms. The lowest BCUT2D eigenvalue weighted by atomic mass is 10.0. The molecule has 22 heavy (non-hydrogen) atoms. The van der Waals surface area contributed by atoms with E-state index in [0.29, 0.717) is 18.7 Å². The van der Waals surface area contributed by atoms with Gasteiger partial charge in [-0.15, -0.1) is 0 Å². The van der Waals surface area contributed by atoms with Crippen LogP contribution in [-0.2, 0) is 4.79 Å². The molecular formula is C18H19N3O. The monoisotopic (exact) mass is 293 g/mol. The minimum Gasteiger partial charge on any atom is -0.351 e. The largest absolute Gasteiger partial charge is 0.351 e. The molecule has 0 saturated heterocycles. The van der Waals surface area contributed by atoms with Gasteiger partial charge in [0.1, 0.15) is 5.71 Å². The topological polar surface area (TPSA) is 44.7 Å². The third-order valence-corrected chi connectivity index (χ3v) is 3.71. The molecular weight excluding hydrogens is 274 g/mol. The van der Waals surface area contributed by atoms with Crippen LogP contribution in [0.2, 0.25) is 0 Å². The number of para-hydroxylation sites is 1. The van der Waals surface area contributed by atoms with E-state index in [2.05, 4.69) is 22.6 Å². The number of amides is 1. The van der Waals surface area contributed by atoms with E-state index in [1.807, 2.05) is 60.5 Å². The zero-order chi connectivity index (χ0) is 15.4. The number of carbonyl (C=O) groups excluding carboxylic acids is 1. The SMILES string of the molecule is CCNC(=O)C1=NN(c2ccccc2)[C@H](c2ccccc2)C1. The number of hydrogen-bond acceptors (Lipinski definition) is 3. The summed E-state index contributed by atoms with van der Waals surface area (Å²) in [5, 5.41) is 9.35. The molecule has 1 amide bonds. The Morgan fingerprint density at radius 2 is 1.77 bits per heavy atom. The number of hydrogen-bond donors (Lipinski definition) is 1. The second-order valence-corrected chi connectivity index (χ2v) is 5.22. The van der Waals surface area contributed by atoms with Crippen LogP contribution in [0.1, 0.15) is 24.9 Å². The first-order valence-electron chi connectivity index (χ1n) is 7.54. The van der Waals surface area contributed by atoms with Gasteiger partial charge in [0.25, 0.3) is 5.91 Å². The molecule has 1 aliphatic heterocycles. The number of nitrogens with zero attached hydrogens (tertiary/aromatic N) is 2. The van der Waals surface area contributed by atoms with Gasteiger partial charge in [-0.3, -0.25) is 9.80 Å². The van der Waals surface area contributed by atoms with Gasteiger partial charge >= 0.3 is 0 Å². The van der Waals surface area contributed by atoms with Crippen molar-refractivity contribution in [1.82, 2.24) is 5.32 Å². The molecule has 2 aromatic rings. The van der Waals surface area contributed by atoms with Gasteiger partial charge in [-0.25, -0.2) is 0 Å². The second-order valence-electron chi connectivity index (χ2n) is 5.22. The minimum absolute atomic E-state index is 0.0567. The Labute approximate surface area is 130 Å². The summed E-state index contributed by atoms with van der Waals surface area (Å²) in [4.78, 5) is 12.1. The van der Waals surface area contributed by atoms with Gasteiger partial charge < -0.3 is 5.32 Å². The average Bonchev–Trinajstić information content (AvgIpc) is 3.02. The standard InChI is InChI=1S/C18H19N3O/c1-2-19-18(22)16-13-17(14-9-5-3-6-10-14)21(20-16)15-11-7-4-8-12-15/h3-12,17H,2,13H2,1H3,(H,19,22)/t17-/m0/s1. The zero-order valence-corrected chi connectivity index (χ0v) is 12.6. The number of hydrazone groups is 1. The van der Waals surface area contributed by atoms with Crippen molar-refractivity contribution in [3.05, 3.63) is 66.2 Å². The molecule has 0 aromatic heterocycles. The van der Waals surface area contributed by atoms with Gasteiger partial charge in [0, 0.05) is 13.0 Å². The van der Waals surface area contributed by atoms with Gasteiger partial charge in [0.2, 0.25) is 0 Å². The lowest BCUT2D eigenvalue weighted by molar-refractivity contribution is -0.114. The third kappa shape index (κ3) is 2.86. The van der Waals surface area contributed by atoms with Crippen molar-refractivity contribution >= 4 is 17.3 Å². The van der Waals surface area contributed by atoms with Crippen LogP contribution in [0.15, 0.2) is 65.8 Å². The number of rotatable bonds is 4. The Morgan fingerprint density at radius 3 is 2.41 bits per heavy atom. The molecule has 0 unspecified atom stereocenters. The maximum atomic E-state index is 12.1. The van der Waals surface area contributed by atoms with E-state index < -0.39 is 0 Å². The highest BCUT2D eigenvalue weighted by atomic mass is 16.2. The lowest BCUT2D eigenvalue weighted by Gasteiger charge is -2.23. The van der Waals surface area contributed by atoms with Crippen LogP contribution in [-0.4, -0.2) is 18.2 Å². The number of nitrogens with one attached hydrogen (secondary N) is 1. The van der Waals surface area contributed by atoms with Crippen LogP contribution in [0, 0.1) is 0 Å². The molecule has 1 N–H and O–H groups in total. The number of carbonyl (C=O) groups is 1. The molecule has 1 aliphatic rings. The highest BCUT2D eigenvalue weighted by Crippen LogP contribution is 2.34. The Kier molecular flexibility index (Phi) is 4.19. The summed E-state index contributed by atoms with van der Waals surface area (Å²) in [7, 11) is 0. The fourth-order valence-electron chi connectivity index (χ4n) is 2.66. The molecule has 1 heterocycles. The Bertz CT molecular complexity index is 667. The van der Waals surface area contributed by atoms with E-state index in [4.69, 9.17) is 0 Å². The quantitative estimate of drug-likeness (QED) is 0.941. The molecule has 4 heteroatoms. The minimum atomic E-state index is -0.0816. The summed E-state index contributed by atoms with van der Waals surface area (Å²) in [5.41, 5.74) is 2.74. The summed E-state index contributed by atoms with van der Waals surface area (Å²) < 4.78 is 0. The first kappa shape index (κ1) is 14.3. The highest BCUT2D eigenvalue weighted by Gasteiger charge is 2.31. The summed E-state index contributed by atoms with van der Waals surface area (Å²) in [6.07, 6.45) is 0.616.